The highest BCUT2D eigenvalue weighted by molar-refractivity contribution is 6.18. The van der Waals surface area contributed by atoms with Gasteiger partial charge in [0.2, 0.25) is 0 Å². The van der Waals surface area contributed by atoms with Crippen molar-refractivity contribution in [3.63, 3.8) is 0 Å². The molecule has 2 saturated heterocycles. The van der Waals surface area contributed by atoms with Gasteiger partial charge >= 0.3 is 12.1 Å². The lowest BCUT2D eigenvalue weighted by molar-refractivity contribution is -0.210. The molecule has 5 aliphatic rings. The minimum absolute atomic E-state index is 0.00641. The van der Waals surface area contributed by atoms with Crippen LogP contribution in [0.3, 0.4) is 0 Å². The van der Waals surface area contributed by atoms with E-state index in [2.05, 4.69) is 5.32 Å². The molecule has 1 amide bonds. The molecule has 0 spiro atoms. The van der Waals surface area contributed by atoms with Gasteiger partial charge in [0.1, 0.15) is 17.3 Å². The summed E-state index contributed by atoms with van der Waals surface area (Å²) < 4.78 is 27.8. The fraction of sp³-hybridized carbons (Fsp3) is 0.800. The minimum atomic E-state index is -1.33. The predicted molar refractivity (Wildman–Crippen MR) is 123 cm³/mol. The van der Waals surface area contributed by atoms with Crippen molar-refractivity contribution in [2.45, 2.75) is 107 Å². The molecule has 2 saturated carbocycles. The van der Waals surface area contributed by atoms with E-state index < -0.39 is 47.7 Å². The standard InChI is InChI=1S/C25H36FN3O6/c1-25(2,3)35-24(33)27-13-8-9-28(11-13)20-16(26)10-14-19-22(20)34-18-7-5-4-6-17(18)29(19)12-15(21(14)30)23(31)32/h12-14,16-20,22H,4-11H2,1-3H3,(H,27,33)(H,31,32). The van der Waals surface area contributed by atoms with Gasteiger partial charge in [-0.25, -0.2) is 14.0 Å². The van der Waals surface area contributed by atoms with Gasteiger partial charge in [-0.3, -0.25) is 9.69 Å². The third-order valence-electron chi connectivity index (χ3n) is 8.13. The van der Waals surface area contributed by atoms with E-state index in [4.69, 9.17) is 9.47 Å². The number of nitrogens with zero attached hydrogens (tertiary/aromatic N) is 2. The Hall–Kier alpha value is -2.20. The number of alkyl carbamates (subject to hydrolysis) is 1. The van der Waals surface area contributed by atoms with E-state index in [1.54, 1.807) is 20.8 Å². The zero-order valence-corrected chi connectivity index (χ0v) is 20.6. The van der Waals surface area contributed by atoms with Crippen molar-refractivity contribution in [2.75, 3.05) is 13.1 Å². The Morgan fingerprint density at radius 1 is 1.20 bits per heavy atom. The monoisotopic (exact) mass is 493 g/mol. The van der Waals surface area contributed by atoms with Gasteiger partial charge in [0.25, 0.3) is 0 Å². The number of carboxylic acid groups (broad SMARTS) is 1. The highest BCUT2D eigenvalue weighted by atomic mass is 19.1. The zero-order chi connectivity index (χ0) is 25.1. The van der Waals surface area contributed by atoms with E-state index in [1.165, 1.54) is 6.20 Å². The normalized spacial score (nSPS) is 39.4. The molecule has 3 heterocycles. The number of hydrogen-bond donors (Lipinski definition) is 2. The number of hydrogen-bond acceptors (Lipinski definition) is 7. The van der Waals surface area contributed by atoms with Crippen molar-refractivity contribution in [1.82, 2.24) is 15.1 Å². The second-order valence-corrected chi connectivity index (χ2v) is 11.6. The summed E-state index contributed by atoms with van der Waals surface area (Å²) in [5.74, 6) is -2.48. The average molecular weight is 494 g/mol. The number of Topliss-reactive ketones (excluding diaryl/α,β-unsaturated/α-hetero) is 1. The molecule has 8 atom stereocenters. The Bertz CT molecular complexity index is 919. The highest BCUT2D eigenvalue weighted by Crippen LogP contribution is 2.47. The van der Waals surface area contributed by atoms with Crippen molar-refractivity contribution in [3.05, 3.63) is 11.8 Å². The maximum atomic E-state index is 15.8. The number of ketones is 1. The van der Waals surface area contributed by atoms with Crippen LogP contribution in [0, 0.1) is 5.92 Å². The summed E-state index contributed by atoms with van der Waals surface area (Å²) in [5, 5.41) is 12.6. The molecule has 4 fully saturated rings. The first-order valence-corrected chi connectivity index (χ1v) is 12.8. The molecule has 5 rings (SSSR count). The van der Waals surface area contributed by atoms with Gasteiger partial charge < -0.3 is 24.8 Å². The Balaban J connectivity index is 1.38. The number of morpholine rings is 1. The quantitative estimate of drug-likeness (QED) is 0.577. The highest BCUT2D eigenvalue weighted by Gasteiger charge is 2.60. The van der Waals surface area contributed by atoms with Crippen LogP contribution in [0.2, 0.25) is 0 Å². The van der Waals surface area contributed by atoms with Gasteiger partial charge in [0.15, 0.2) is 5.78 Å². The number of likely N-dealkylation sites (tertiary alicyclic amines) is 1. The molecule has 10 heteroatoms. The summed E-state index contributed by atoms with van der Waals surface area (Å²) in [6.07, 6.45) is 3.42. The summed E-state index contributed by atoms with van der Waals surface area (Å²) in [6.45, 7) is 6.49. The van der Waals surface area contributed by atoms with Crippen molar-refractivity contribution < 1.29 is 33.4 Å². The van der Waals surface area contributed by atoms with Gasteiger partial charge in [-0.1, -0.05) is 12.8 Å². The summed E-state index contributed by atoms with van der Waals surface area (Å²) in [6, 6.07) is -1.09. The fourth-order valence-electron chi connectivity index (χ4n) is 6.80. The zero-order valence-electron chi connectivity index (χ0n) is 20.6. The lowest BCUT2D eigenvalue weighted by Crippen LogP contribution is -2.72. The number of carboxylic acids is 1. The minimum Gasteiger partial charge on any atom is -0.478 e. The van der Waals surface area contributed by atoms with Crippen molar-refractivity contribution in [3.8, 4) is 0 Å². The number of alkyl halides is 1. The summed E-state index contributed by atoms with van der Waals surface area (Å²) in [7, 11) is 0. The molecule has 2 N–H and O–H groups in total. The predicted octanol–water partition coefficient (Wildman–Crippen LogP) is 2.24. The van der Waals surface area contributed by atoms with Crippen LogP contribution in [0.4, 0.5) is 9.18 Å². The average Bonchev–Trinajstić information content (AvgIpc) is 3.21. The smallest absolute Gasteiger partial charge is 0.407 e. The van der Waals surface area contributed by atoms with E-state index in [-0.39, 0.29) is 36.2 Å². The number of rotatable bonds is 3. The number of aliphatic carboxylic acids is 1. The molecule has 0 aromatic rings. The summed E-state index contributed by atoms with van der Waals surface area (Å²) in [5.41, 5.74) is -0.846. The molecule has 9 nitrogen and oxygen atoms in total. The number of fused-ring (bicyclic) bond motifs is 2. The van der Waals surface area contributed by atoms with Crippen LogP contribution in [0.1, 0.15) is 59.3 Å². The Morgan fingerprint density at radius 2 is 1.94 bits per heavy atom. The second kappa shape index (κ2) is 9.03. The van der Waals surface area contributed by atoms with Gasteiger partial charge in [0.05, 0.1) is 30.3 Å². The first-order chi connectivity index (χ1) is 16.5. The van der Waals surface area contributed by atoms with Gasteiger partial charge in [0, 0.05) is 31.2 Å². The third kappa shape index (κ3) is 4.55. The first-order valence-electron chi connectivity index (χ1n) is 12.8. The molecule has 194 valence electrons. The molecule has 0 aromatic carbocycles. The number of carbonyl (C=O) groups is 3. The van der Waals surface area contributed by atoms with Crippen LogP contribution >= 0.6 is 0 Å². The SMILES string of the molecule is CC(C)(C)OC(=O)NC1CCN(C2C(F)CC3C(=O)C(C(=O)O)=CN4C5CCCCC5OC2C34)C1. The lowest BCUT2D eigenvalue weighted by Gasteiger charge is -2.60. The van der Waals surface area contributed by atoms with E-state index in [1.807, 2.05) is 9.80 Å². The van der Waals surface area contributed by atoms with Crippen LogP contribution in [0.15, 0.2) is 11.8 Å². The van der Waals surface area contributed by atoms with Crippen LogP contribution in [0.5, 0.6) is 0 Å². The van der Waals surface area contributed by atoms with Crippen LogP contribution in [-0.2, 0) is 19.1 Å². The topological polar surface area (TPSA) is 108 Å². The maximum absolute atomic E-state index is 15.8. The number of ether oxygens (including phenoxy) is 2. The van der Waals surface area contributed by atoms with E-state index in [0.717, 1.165) is 25.7 Å². The Morgan fingerprint density at radius 3 is 2.66 bits per heavy atom. The third-order valence-corrected chi connectivity index (χ3v) is 8.13. The van der Waals surface area contributed by atoms with E-state index in [9.17, 15) is 19.5 Å². The van der Waals surface area contributed by atoms with Gasteiger partial charge in [-0.2, -0.15) is 0 Å². The summed E-state index contributed by atoms with van der Waals surface area (Å²) >= 11 is 0. The Labute approximate surface area is 205 Å². The number of halogens is 1. The number of nitrogens with one attached hydrogen (secondary N) is 1. The first kappa shape index (κ1) is 24.5. The number of carbonyl (C=O) groups excluding carboxylic acids is 2. The van der Waals surface area contributed by atoms with Gasteiger partial charge in [-0.05, 0) is 46.5 Å². The maximum Gasteiger partial charge on any atom is 0.407 e. The summed E-state index contributed by atoms with van der Waals surface area (Å²) in [4.78, 5) is 41.2. The van der Waals surface area contributed by atoms with Crippen LogP contribution in [-0.4, -0.2) is 94.0 Å². The largest absolute Gasteiger partial charge is 0.478 e. The molecule has 8 unspecified atom stereocenters. The Kier molecular flexibility index (Phi) is 6.32. The fourth-order valence-corrected chi connectivity index (χ4v) is 6.80. The van der Waals surface area contributed by atoms with Gasteiger partial charge in [-0.15, -0.1) is 0 Å². The van der Waals surface area contributed by atoms with Crippen molar-refractivity contribution >= 4 is 17.8 Å². The van der Waals surface area contributed by atoms with E-state index >= 15 is 4.39 Å². The molecular formula is C25H36FN3O6. The van der Waals surface area contributed by atoms with Crippen molar-refractivity contribution in [2.24, 2.45) is 5.92 Å². The molecule has 0 bridgehead atoms. The molecule has 0 aromatic heterocycles. The molecule has 3 aliphatic heterocycles. The lowest BCUT2D eigenvalue weighted by atomic mass is 9.69. The molecule has 35 heavy (non-hydrogen) atoms. The number of amides is 1. The van der Waals surface area contributed by atoms with Crippen molar-refractivity contribution in [1.29, 1.82) is 0 Å². The molecule has 0 radical (unpaired) electrons. The van der Waals surface area contributed by atoms with Crippen LogP contribution < -0.4 is 5.32 Å². The van der Waals surface area contributed by atoms with Crippen LogP contribution in [0.25, 0.3) is 0 Å². The second-order valence-electron chi connectivity index (χ2n) is 11.6. The van der Waals surface area contributed by atoms with E-state index in [0.29, 0.717) is 19.5 Å². The molecular weight excluding hydrogens is 457 g/mol. The molecule has 2 aliphatic carbocycles.